The Hall–Kier alpha value is -2.24. The van der Waals surface area contributed by atoms with Crippen LogP contribution in [0.2, 0.25) is 5.02 Å². The molecule has 0 radical (unpaired) electrons. The number of rotatable bonds is 18. The van der Waals surface area contributed by atoms with E-state index in [1.807, 2.05) is 13.0 Å². The number of halogens is 3. The lowest BCUT2D eigenvalue weighted by molar-refractivity contribution is 0.0484. The van der Waals surface area contributed by atoms with E-state index in [1.165, 1.54) is 30.4 Å². The second-order valence-electron chi connectivity index (χ2n) is 10.9. The predicted molar refractivity (Wildman–Crippen MR) is 174 cm³/mol. The highest BCUT2D eigenvalue weighted by Gasteiger charge is 2.26. The lowest BCUT2D eigenvalue weighted by Gasteiger charge is -2.22. The van der Waals surface area contributed by atoms with E-state index in [0.717, 1.165) is 35.5 Å². The first kappa shape index (κ1) is 36.0. The summed E-state index contributed by atoms with van der Waals surface area (Å²) in [4.78, 5) is 15.2. The number of nitrogens with zero attached hydrogens (tertiary/aromatic N) is 3. The molecule has 12 heteroatoms. The van der Waals surface area contributed by atoms with E-state index in [9.17, 15) is 13.0 Å². The van der Waals surface area contributed by atoms with Crippen molar-refractivity contribution >= 4 is 51.0 Å². The molecular weight excluding hydrogens is 600 g/mol. The zero-order valence-corrected chi connectivity index (χ0v) is 28.0. The molecule has 2 aromatic heterocycles. The van der Waals surface area contributed by atoms with Gasteiger partial charge < -0.3 is 10.1 Å². The smallest absolute Gasteiger partial charge is 0.258 e. The lowest BCUT2D eigenvalue weighted by Crippen LogP contribution is -2.24. The molecule has 0 aliphatic heterocycles. The van der Waals surface area contributed by atoms with Crippen LogP contribution in [0.25, 0.3) is 4.91 Å². The van der Waals surface area contributed by atoms with Crippen molar-refractivity contribution in [3.63, 3.8) is 0 Å². The minimum atomic E-state index is -3.09. The van der Waals surface area contributed by atoms with Crippen LogP contribution >= 0.6 is 23.4 Å². The van der Waals surface area contributed by atoms with E-state index < -0.39 is 22.7 Å². The van der Waals surface area contributed by atoms with E-state index in [4.69, 9.17) is 21.3 Å². The molecule has 3 unspecified atom stereocenters. The number of anilines is 2. The third-order valence-electron chi connectivity index (χ3n) is 6.25. The van der Waals surface area contributed by atoms with Crippen molar-refractivity contribution in [3.05, 3.63) is 52.5 Å². The Bertz CT molecular complexity index is 1240. The van der Waals surface area contributed by atoms with E-state index >= 15 is 0 Å². The summed E-state index contributed by atoms with van der Waals surface area (Å²) in [5.41, 5.74) is 0.695. The number of thioether (sulfide) groups is 1. The molecule has 0 spiro atoms. The highest BCUT2D eigenvalue weighted by atomic mass is 35.5. The normalized spacial score (nSPS) is 14.6. The van der Waals surface area contributed by atoms with Crippen LogP contribution in [0.15, 0.2) is 41.8 Å². The minimum absolute atomic E-state index is 0.00600. The van der Waals surface area contributed by atoms with Crippen molar-refractivity contribution in [2.75, 3.05) is 15.8 Å². The molecule has 234 valence electrons. The zero-order chi connectivity index (χ0) is 31.4. The maximum Gasteiger partial charge on any atom is 0.258 e. The quantitative estimate of drug-likeness (QED) is 0.156. The summed E-state index contributed by atoms with van der Waals surface area (Å²) in [5, 5.41) is 3.59. The number of ether oxygens (including phenoxy) is 1. The van der Waals surface area contributed by atoms with E-state index in [2.05, 4.69) is 61.2 Å². The first-order valence-electron chi connectivity index (χ1n) is 14.3. The number of aromatic nitrogens is 3. The molecule has 0 saturated carbocycles. The number of nitrogens with one attached hydrogen (secondary N) is 2. The zero-order valence-electron chi connectivity index (χ0n) is 25.6. The molecule has 2 heterocycles. The number of allylic oxidation sites excluding steroid dienone is 2. The average Bonchev–Trinajstić information content (AvgIpc) is 2.89. The summed E-state index contributed by atoms with van der Waals surface area (Å²) < 4.78 is 47.4. The maximum absolute atomic E-state index is 13.2. The first-order chi connectivity index (χ1) is 19.7. The molecule has 0 aliphatic carbocycles. The fraction of sp³-hybridized carbons (Fsp3) is 0.567. The van der Waals surface area contributed by atoms with Crippen LogP contribution in [-0.4, -0.2) is 36.9 Å². The molecule has 2 N–H and O–H groups in total. The largest absolute Gasteiger partial charge is 0.459 e. The lowest BCUT2D eigenvalue weighted by atomic mass is 10.0. The van der Waals surface area contributed by atoms with Crippen LogP contribution in [0.5, 0.6) is 5.75 Å². The van der Waals surface area contributed by atoms with Gasteiger partial charge in [-0.25, -0.2) is 27.9 Å². The van der Waals surface area contributed by atoms with Crippen LogP contribution in [0.1, 0.15) is 86.3 Å². The Kier molecular flexibility index (Phi) is 14.7. The first-order valence-corrected chi connectivity index (χ1v) is 16.8. The number of alkyl halides is 2. The summed E-state index contributed by atoms with van der Waals surface area (Å²) in [6.07, 6.45) is 8.25. The standard InChI is InChI=1S/C30H44ClF2N5O2S2/c1-9-21(7)26(40-23-16-24(31)28(35-17-23)38-42(39)18-30(8,32)33)27(41-20(5)6)25-14-15-34-29(37-25)36-22(10-2)13-11-12-19(3)4/h14-17,19,21-22H,5,9-13,18H2,1-4,6-8H3,(H,35,38)(H,34,36,37)/b27-26+. The van der Waals surface area contributed by atoms with Gasteiger partial charge in [0, 0.05) is 31.1 Å². The van der Waals surface area contributed by atoms with Crippen LogP contribution in [0.4, 0.5) is 20.5 Å². The van der Waals surface area contributed by atoms with Crippen LogP contribution in [-0.2, 0) is 11.0 Å². The second kappa shape index (κ2) is 17.2. The summed E-state index contributed by atoms with van der Waals surface area (Å²) in [7, 11) is -2.06. The Morgan fingerprint density at radius 1 is 1.21 bits per heavy atom. The fourth-order valence-corrected chi connectivity index (χ4v) is 5.98. The van der Waals surface area contributed by atoms with Gasteiger partial charge in [-0.3, -0.25) is 4.72 Å². The Morgan fingerprint density at radius 3 is 2.50 bits per heavy atom. The average molecular weight is 644 g/mol. The van der Waals surface area contributed by atoms with Gasteiger partial charge in [-0.2, -0.15) is 0 Å². The third kappa shape index (κ3) is 12.6. The van der Waals surface area contributed by atoms with Gasteiger partial charge in [0.1, 0.15) is 28.2 Å². The molecule has 7 nitrogen and oxygen atoms in total. The molecule has 42 heavy (non-hydrogen) atoms. The molecule has 2 rings (SSSR count). The van der Waals surface area contributed by atoms with Gasteiger partial charge in [-0.15, -0.1) is 0 Å². The predicted octanol–water partition coefficient (Wildman–Crippen LogP) is 9.33. The summed E-state index contributed by atoms with van der Waals surface area (Å²) in [6.45, 7) is 17.5. The van der Waals surface area contributed by atoms with Gasteiger partial charge in [0.15, 0.2) is 5.82 Å². The summed E-state index contributed by atoms with van der Waals surface area (Å²) >= 11 is 7.83. The van der Waals surface area contributed by atoms with E-state index in [0.29, 0.717) is 36.0 Å². The highest BCUT2D eigenvalue weighted by molar-refractivity contribution is 8.11. The molecule has 0 aliphatic rings. The molecule has 2 aromatic rings. The monoisotopic (exact) mass is 643 g/mol. The topological polar surface area (TPSA) is 89.0 Å². The molecule has 0 bridgehead atoms. The van der Waals surface area contributed by atoms with Crippen LogP contribution in [0.3, 0.4) is 0 Å². The van der Waals surface area contributed by atoms with Crippen molar-refractivity contribution < 1.29 is 17.7 Å². The van der Waals surface area contributed by atoms with Gasteiger partial charge in [0.25, 0.3) is 5.92 Å². The van der Waals surface area contributed by atoms with Gasteiger partial charge in [-0.05, 0) is 43.1 Å². The molecule has 0 fully saturated rings. The molecule has 0 aromatic carbocycles. The molecule has 0 saturated heterocycles. The van der Waals surface area contributed by atoms with Gasteiger partial charge in [0.05, 0.1) is 21.8 Å². The van der Waals surface area contributed by atoms with Crippen molar-refractivity contribution in [2.45, 2.75) is 92.5 Å². The SMILES string of the molecule is C=C(C)S/C(=C(/Oc1cnc(NS(=O)CC(C)(F)F)c(Cl)c1)C(C)CC)c1ccnc(NC(CC)CCCC(C)C)n1. The second-order valence-corrected chi connectivity index (χ2v) is 13.8. The fourth-order valence-electron chi connectivity index (χ4n) is 3.90. The number of pyridine rings is 1. The molecular formula is C30H44ClF2N5O2S2. The minimum Gasteiger partial charge on any atom is -0.459 e. The Morgan fingerprint density at radius 2 is 1.93 bits per heavy atom. The van der Waals surface area contributed by atoms with Gasteiger partial charge in [0.2, 0.25) is 5.95 Å². The van der Waals surface area contributed by atoms with Crippen LogP contribution < -0.4 is 14.8 Å². The summed E-state index contributed by atoms with van der Waals surface area (Å²) in [5.74, 6) is -1.71. The Labute approximate surface area is 261 Å². The van der Waals surface area contributed by atoms with E-state index in [-0.39, 0.29) is 22.8 Å². The van der Waals surface area contributed by atoms with Gasteiger partial charge >= 0.3 is 0 Å². The molecule has 3 atom stereocenters. The van der Waals surface area contributed by atoms with Crippen molar-refractivity contribution in [1.29, 1.82) is 0 Å². The van der Waals surface area contributed by atoms with Crippen molar-refractivity contribution in [2.24, 2.45) is 11.8 Å². The molecule has 0 amide bonds. The number of hydrogen-bond acceptors (Lipinski definition) is 7. The highest BCUT2D eigenvalue weighted by Crippen LogP contribution is 2.39. The van der Waals surface area contributed by atoms with Crippen LogP contribution in [0, 0.1) is 11.8 Å². The third-order valence-corrected chi connectivity index (χ3v) is 8.69. The van der Waals surface area contributed by atoms with Crippen molar-refractivity contribution in [1.82, 2.24) is 15.0 Å². The number of hydrogen-bond donors (Lipinski definition) is 2. The van der Waals surface area contributed by atoms with E-state index in [1.54, 1.807) is 6.20 Å². The van der Waals surface area contributed by atoms with Gasteiger partial charge in [-0.1, -0.05) is 77.4 Å². The Balaban J connectivity index is 2.41. The maximum atomic E-state index is 13.2. The van der Waals surface area contributed by atoms with Crippen molar-refractivity contribution in [3.8, 4) is 5.75 Å². The summed E-state index contributed by atoms with van der Waals surface area (Å²) in [6, 6.07) is 3.63.